The number of hydrogen-bond acceptors (Lipinski definition) is 3. The minimum Gasteiger partial charge on any atom is -0.493 e. The molecule has 1 aromatic carbocycles. The lowest BCUT2D eigenvalue weighted by molar-refractivity contribution is -0.121. The number of benzene rings is 1. The lowest BCUT2D eigenvalue weighted by Gasteiger charge is -2.11. The molecule has 0 radical (unpaired) electrons. The van der Waals surface area contributed by atoms with Crippen LogP contribution in [0.25, 0.3) is 0 Å². The van der Waals surface area contributed by atoms with E-state index < -0.39 is 0 Å². The topological polar surface area (TPSA) is 64.3 Å². The molecule has 4 nitrogen and oxygen atoms in total. The first kappa shape index (κ1) is 14.9. The van der Waals surface area contributed by atoms with Crippen LogP contribution in [0.15, 0.2) is 24.3 Å². The second-order valence-corrected chi connectivity index (χ2v) is 5.66. The van der Waals surface area contributed by atoms with Gasteiger partial charge in [0.1, 0.15) is 5.75 Å². The van der Waals surface area contributed by atoms with Gasteiger partial charge in [-0.2, -0.15) is 0 Å². The van der Waals surface area contributed by atoms with Crippen LogP contribution >= 0.6 is 0 Å². The van der Waals surface area contributed by atoms with E-state index in [-0.39, 0.29) is 5.91 Å². The molecule has 20 heavy (non-hydrogen) atoms. The molecule has 1 aliphatic carbocycles. The number of hydrogen-bond donors (Lipinski definition) is 2. The number of carbonyl (C=O) groups is 1. The van der Waals surface area contributed by atoms with Crippen molar-refractivity contribution in [2.24, 2.45) is 11.7 Å². The average Bonchev–Trinajstić information content (AvgIpc) is 2.82. The van der Waals surface area contributed by atoms with Crippen LogP contribution in [0.5, 0.6) is 5.75 Å². The SMILES string of the molecule is Cc1cccc(OCCC(=O)NCC2CCC(N)C2)c1. The van der Waals surface area contributed by atoms with E-state index in [1.165, 1.54) is 0 Å². The van der Waals surface area contributed by atoms with Crippen molar-refractivity contribution in [2.45, 2.75) is 38.6 Å². The summed E-state index contributed by atoms with van der Waals surface area (Å²) in [6, 6.07) is 8.17. The molecule has 2 unspecified atom stereocenters. The Morgan fingerprint density at radius 2 is 2.30 bits per heavy atom. The first-order valence-corrected chi connectivity index (χ1v) is 7.35. The number of aryl methyl sites for hydroxylation is 1. The van der Waals surface area contributed by atoms with E-state index in [0.717, 1.165) is 37.1 Å². The van der Waals surface area contributed by atoms with Gasteiger partial charge in [0.05, 0.1) is 13.0 Å². The Morgan fingerprint density at radius 3 is 3.00 bits per heavy atom. The molecule has 1 amide bonds. The molecule has 0 spiro atoms. The molecule has 1 fully saturated rings. The maximum atomic E-state index is 11.7. The zero-order chi connectivity index (χ0) is 14.4. The van der Waals surface area contributed by atoms with Gasteiger partial charge in [-0.3, -0.25) is 4.79 Å². The Bertz CT molecular complexity index is 448. The molecule has 0 aromatic heterocycles. The molecule has 0 saturated heterocycles. The third kappa shape index (κ3) is 4.85. The van der Waals surface area contributed by atoms with E-state index in [1.54, 1.807) is 0 Å². The maximum absolute atomic E-state index is 11.7. The monoisotopic (exact) mass is 276 g/mol. The molecule has 1 saturated carbocycles. The zero-order valence-electron chi connectivity index (χ0n) is 12.1. The summed E-state index contributed by atoms with van der Waals surface area (Å²) >= 11 is 0. The highest BCUT2D eigenvalue weighted by atomic mass is 16.5. The molecule has 3 N–H and O–H groups in total. The highest BCUT2D eigenvalue weighted by molar-refractivity contribution is 5.75. The van der Waals surface area contributed by atoms with Gasteiger partial charge >= 0.3 is 0 Å². The Kier molecular flexibility index (Phi) is 5.41. The number of amides is 1. The third-order valence-corrected chi connectivity index (χ3v) is 3.76. The first-order valence-electron chi connectivity index (χ1n) is 7.35. The summed E-state index contributed by atoms with van der Waals surface area (Å²) in [5.41, 5.74) is 7.01. The minimum atomic E-state index is 0.0538. The van der Waals surface area contributed by atoms with Crippen LogP contribution in [0.1, 0.15) is 31.2 Å². The van der Waals surface area contributed by atoms with Gasteiger partial charge in [-0.25, -0.2) is 0 Å². The molecule has 2 rings (SSSR count). The van der Waals surface area contributed by atoms with Crippen molar-refractivity contribution in [3.8, 4) is 5.75 Å². The summed E-state index contributed by atoms with van der Waals surface area (Å²) < 4.78 is 5.57. The molecule has 4 heteroatoms. The van der Waals surface area contributed by atoms with Gasteiger partial charge < -0.3 is 15.8 Å². The molecule has 2 atom stereocenters. The Hall–Kier alpha value is -1.55. The van der Waals surface area contributed by atoms with Crippen LogP contribution in [0, 0.1) is 12.8 Å². The first-order chi connectivity index (χ1) is 9.63. The van der Waals surface area contributed by atoms with Crippen LogP contribution in [-0.4, -0.2) is 25.1 Å². The lowest BCUT2D eigenvalue weighted by atomic mass is 10.1. The van der Waals surface area contributed by atoms with Gasteiger partial charge in [-0.15, -0.1) is 0 Å². The molecule has 1 aromatic rings. The van der Waals surface area contributed by atoms with E-state index in [4.69, 9.17) is 10.5 Å². The van der Waals surface area contributed by atoms with Gasteiger partial charge in [0.15, 0.2) is 0 Å². The van der Waals surface area contributed by atoms with E-state index in [0.29, 0.717) is 25.0 Å². The summed E-state index contributed by atoms with van der Waals surface area (Å²) in [5.74, 6) is 1.42. The Labute approximate surface area is 120 Å². The lowest BCUT2D eigenvalue weighted by Crippen LogP contribution is -2.30. The maximum Gasteiger partial charge on any atom is 0.223 e. The van der Waals surface area contributed by atoms with Crippen LogP contribution in [0.3, 0.4) is 0 Å². The molecule has 0 aliphatic heterocycles. The minimum absolute atomic E-state index is 0.0538. The van der Waals surface area contributed by atoms with Crippen molar-refractivity contribution in [1.29, 1.82) is 0 Å². The zero-order valence-corrected chi connectivity index (χ0v) is 12.1. The molecule has 0 heterocycles. The third-order valence-electron chi connectivity index (χ3n) is 3.76. The highest BCUT2D eigenvalue weighted by Crippen LogP contribution is 2.23. The number of carbonyl (C=O) groups excluding carboxylic acids is 1. The average molecular weight is 276 g/mol. The van der Waals surface area contributed by atoms with Crippen molar-refractivity contribution < 1.29 is 9.53 Å². The van der Waals surface area contributed by atoms with Crippen LogP contribution in [0.2, 0.25) is 0 Å². The number of nitrogens with two attached hydrogens (primary N) is 1. The van der Waals surface area contributed by atoms with Crippen molar-refractivity contribution in [3.05, 3.63) is 29.8 Å². The van der Waals surface area contributed by atoms with Crippen molar-refractivity contribution in [3.63, 3.8) is 0 Å². The van der Waals surface area contributed by atoms with Crippen molar-refractivity contribution in [2.75, 3.05) is 13.2 Å². The van der Waals surface area contributed by atoms with E-state index in [1.807, 2.05) is 31.2 Å². The standard InChI is InChI=1S/C16H24N2O2/c1-12-3-2-4-15(9-12)20-8-7-16(19)18-11-13-5-6-14(17)10-13/h2-4,9,13-14H,5-8,10-11,17H2,1H3,(H,18,19). The van der Waals surface area contributed by atoms with Gasteiger partial charge in [0.25, 0.3) is 0 Å². The second kappa shape index (κ2) is 7.29. The molecular formula is C16H24N2O2. The Morgan fingerprint density at radius 1 is 1.45 bits per heavy atom. The van der Waals surface area contributed by atoms with Gasteiger partial charge in [-0.1, -0.05) is 12.1 Å². The number of nitrogens with one attached hydrogen (secondary N) is 1. The summed E-state index contributed by atoms with van der Waals surface area (Å²) in [6.07, 6.45) is 3.63. The molecule has 1 aliphatic rings. The summed E-state index contributed by atoms with van der Waals surface area (Å²) in [4.78, 5) is 11.7. The largest absolute Gasteiger partial charge is 0.493 e. The van der Waals surface area contributed by atoms with Gasteiger partial charge in [-0.05, 0) is 49.8 Å². The normalized spacial score (nSPS) is 21.7. The predicted molar refractivity (Wildman–Crippen MR) is 79.6 cm³/mol. The molecular weight excluding hydrogens is 252 g/mol. The fourth-order valence-electron chi connectivity index (χ4n) is 2.61. The van der Waals surface area contributed by atoms with Gasteiger partial charge in [0, 0.05) is 12.6 Å². The Balaban J connectivity index is 1.60. The molecule has 110 valence electrons. The van der Waals surface area contributed by atoms with Crippen LogP contribution in [0.4, 0.5) is 0 Å². The van der Waals surface area contributed by atoms with Crippen LogP contribution in [-0.2, 0) is 4.79 Å². The highest BCUT2D eigenvalue weighted by Gasteiger charge is 2.21. The summed E-state index contributed by atoms with van der Waals surface area (Å²) in [5, 5.41) is 2.97. The van der Waals surface area contributed by atoms with Gasteiger partial charge in [0.2, 0.25) is 5.91 Å². The fraction of sp³-hybridized carbons (Fsp3) is 0.562. The van der Waals surface area contributed by atoms with Crippen molar-refractivity contribution in [1.82, 2.24) is 5.32 Å². The fourth-order valence-corrected chi connectivity index (χ4v) is 2.61. The summed E-state index contributed by atoms with van der Waals surface area (Å²) in [7, 11) is 0. The number of ether oxygens (including phenoxy) is 1. The number of rotatable bonds is 6. The quantitative estimate of drug-likeness (QED) is 0.835. The van der Waals surface area contributed by atoms with E-state index in [2.05, 4.69) is 5.32 Å². The predicted octanol–water partition coefficient (Wildman–Crippen LogP) is 2.01. The van der Waals surface area contributed by atoms with Crippen molar-refractivity contribution >= 4 is 5.91 Å². The summed E-state index contributed by atoms with van der Waals surface area (Å²) in [6.45, 7) is 3.18. The van der Waals surface area contributed by atoms with Crippen LogP contribution < -0.4 is 15.8 Å². The van der Waals surface area contributed by atoms with E-state index in [9.17, 15) is 4.79 Å². The van der Waals surface area contributed by atoms with E-state index >= 15 is 0 Å². The second-order valence-electron chi connectivity index (χ2n) is 5.66. The molecule has 0 bridgehead atoms. The smallest absolute Gasteiger partial charge is 0.223 e.